The number of sulfone groups is 1. The minimum atomic E-state index is -3.80. The lowest BCUT2D eigenvalue weighted by atomic mass is 10.0. The fourth-order valence-electron chi connectivity index (χ4n) is 2.33. The summed E-state index contributed by atoms with van der Waals surface area (Å²) in [6.45, 7) is 3.27. The largest absolute Gasteiger partial charge is 0.241 e. The molecule has 1 aromatic carbocycles. The van der Waals surface area contributed by atoms with Gasteiger partial charge in [0.05, 0.1) is 16.4 Å². The molecule has 1 fully saturated rings. The van der Waals surface area contributed by atoms with Crippen LogP contribution in [0, 0.1) is 6.92 Å². The van der Waals surface area contributed by atoms with Crippen LogP contribution in [0.1, 0.15) is 18.9 Å². The highest BCUT2D eigenvalue weighted by molar-refractivity contribution is 7.92. The lowest BCUT2D eigenvalue weighted by Crippen LogP contribution is -2.46. The average molecular weight is 338 g/mol. The molecule has 112 valence electrons. The standard InChI is InChI=1S/C12H16ClNO4S2/c1-9-3-4-10(13)7-11(9)20(17,18)14-12(2)5-6-19(15,16)8-12/h3-4,7,14H,5-6,8H2,1-2H3/t12-/m0/s1. The van der Waals surface area contributed by atoms with Gasteiger partial charge in [0.15, 0.2) is 9.84 Å². The van der Waals surface area contributed by atoms with Crippen LogP contribution in [0.15, 0.2) is 23.1 Å². The molecular formula is C12H16ClNO4S2. The summed E-state index contributed by atoms with van der Waals surface area (Å²) in [5.74, 6) is -0.181. The van der Waals surface area contributed by atoms with Gasteiger partial charge in [-0.25, -0.2) is 21.6 Å². The molecule has 8 heteroatoms. The fourth-order valence-corrected chi connectivity index (χ4v) is 6.46. The zero-order chi connectivity index (χ0) is 15.2. The zero-order valence-corrected chi connectivity index (χ0v) is 13.6. The molecular weight excluding hydrogens is 322 g/mol. The second-order valence-electron chi connectivity index (χ2n) is 5.42. The highest BCUT2D eigenvalue weighted by Crippen LogP contribution is 2.27. The van der Waals surface area contributed by atoms with Crippen molar-refractivity contribution in [2.24, 2.45) is 0 Å². The molecule has 0 aliphatic carbocycles. The van der Waals surface area contributed by atoms with Gasteiger partial charge in [0.1, 0.15) is 0 Å². The van der Waals surface area contributed by atoms with Gasteiger partial charge < -0.3 is 0 Å². The number of nitrogens with one attached hydrogen (secondary N) is 1. The Morgan fingerprint density at radius 3 is 2.55 bits per heavy atom. The first-order chi connectivity index (χ1) is 9.03. The van der Waals surface area contributed by atoms with Crippen LogP contribution in [-0.4, -0.2) is 33.9 Å². The number of aryl methyl sites for hydroxylation is 1. The summed E-state index contributed by atoms with van der Waals surface area (Å²) in [5.41, 5.74) is -0.404. The Balaban J connectivity index is 2.35. The van der Waals surface area contributed by atoms with Crippen LogP contribution in [0.4, 0.5) is 0 Å². The minimum Gasteiger partial charge on any atom is -0.229 e. The van der Waals surface area contributed by atoms with Crippen LogP contribution in [-0.2, 0) is 19.9 Å². The van der Waals surface area contributed by atoms with Crippen molar-refractivity contribution in [2.75, 3.05) is 11.5 Å². The maximum absolute atomic E-state index is 12.4. The van der Waals surface area contributed by atoms with Crippen LogP contribution >= 0.6 is 11.6 Å². The maximum atomic E-state index is 12.4. The molecule has 0 saturated carbocycles. The summed E-state index contributed by atoms with van der Waals surface area (Å²) >= 11 is 5.83. The molecule has 1 aromatic rings. The molecule has 0 aromatic heterocycles. The first kappa shape index (κ1) is 15.8. The third kappa shape index (κ3) is 3.33. The maximum Gasteiger partial charge on any atom is 0.241 e. The molecule has 0 radical (unpaired) electrons. The second-order valence-corrected chi connectivity index (χ2v) is 9.69. The SMILES string of the molecule is Cc1ccc(Cl)cc1S(=O)(=O)N[C@@]1(C)CCS(=O)(=O)C1. The number of hydrogen-bond acceptors (Lipinski definition) is 4. The Kier molecular flexibility index (Phi) is 3.92. The van der Waals surface area contributed by atoms with Crippen molar-refractivity contribution in [3.63, 3.8) is 0 Å². The van der Waals surface area contributed by atoms with Gasteiger partial charge in [-0.2, -0.15) is 0 Å². The first-order valence-corrected chi connectivity index (χ1v) is 9.72. The van der Waals surface area contributed by atoms with Gasteiger partial charge in [-0.15, -0.1) is 0 Å². The van der Waals surface area contributed by atoms with Crippen LogP contribution in [0.3, 0.4) is 0 Å². The van der Waals surface area contributed by atoms with Crippen molar-refractivity contribution in [1.82, 2.24) is 4.72 Å². The lowest BCUT2D eigenvalue weighted by Gasteiger charge is -2.24. The molecule has 1 atom stereocenters. The molecule has 1 N–H and O–H groups in total. The summed E-state index contributed by atoms with van der Waals surface area (Å²) in [6, 6.07) is 4.59. The topological polar surface area (TPSA) is 80.3 Å². The van der Waals surface area contributed by atoms with Gasteiger partial charge in [-0.1, -0.05) is 17.7 Å². The fraction of sp³-hybridized carbons (Fsp3) is 0.500. The first-order valence-electron chi connectivity index (χ1n) is 6.04. The third-order valence-corrected chi connectivity index (χ3v) is 7.24. The van der Waals surface area contributed by atoms with Crippen LogP contribution in [0.2, 0.25) is 5.02 Å². The number of sulfonamides is 1. The molecule has 0 bridgehead atoms. The van der Waals surface area contributed by atoms with E-state index < -0.39 is 25.4 Å². The number of halogens is 1. The minimum absolute atomic E-state index is 0.000544. The quantitative estimate of drug-likeness (QED) is 0.906. The van der Waals surface area contributed by atoms with Crippen molar-refractivity contribution >= 4 is 31.5 Å². The van der Waals surface area contributed by atoms with E-state index in [1.54, 1.807) is 26.0 Å². The number of hydrogen-bond donors (Lipinski definition) is 1. The smallest absolute Gasteiger partial charge is 0.229 e. The predicted octanol–water partition coefficient (Wildman–Crippen LogP) is 1.50. The molecule has 0 unspecified atom stereocenters. The van der Waals surface area contributed by atoms with Crippen molar-refractivity contribution in [1.29, 1.82) is 0 Å². The van der Waals surface area contributed by atoms with E-state index in [2.05, 4.69) is 4.72 Å². The van der Waals surface area contributed by atoms with Crippen molar-refractivity contribution < 1.29 is 16.8 Å². The molecule has 0 amide bonds. The third-order valence-electron chi connectivity index (χ3n) is 3.32. The van der Waals surface area contributed by atoms with Gasteiger partial charge in [-0.05, 0) is 38.0 Å². The van der Waals surface area contributed by atoms with Crippen molar-refractivity contribution in [2.45, 2.75) is 30.7 Å². The van der Waals surface area contributed by atoms with E-state index in [0.717, 1.165) is 0 Å². The van der Waals surface area contributed by atoms with Gasteiger partial charge in [0, 0.05) is 10.6 Å². The Morgan fingerprint density at radius 1 is 1.35 bits per heavy atom. The number of rotatable bonds is 3. The average Bonchev–Trinajstić information content (AvgIpc) is 2.55. The molecule has 1 aliphatic rings. The van der Waals surface area contributed by atoms with Crippen LogP contribution in [0.5, 0.6) is 0 Å². The van der Waals surface area contributed by atoms with E-state index in [9.17, 15) is 16.8 Å². The van der Waals surface area contributed by atoms with Gasteiger partial charge >= 0.3 is 0 Å². The summed E-state index contributed by atoms with van der Waals surface area (Å²) < 4.78 is 50.4. The Morgan fingerprint density at radius 2 is 2.00 bits per heavy atom. The summed E-state index contributed by atoms with van der Waals surface area (Å²) in [6.07, 6.45) is 0.272. The van der Waals surface area contributed by atoms with Gasteiger partial charge in [0.2, 0.25) is 10.0 Å². The second kappa shape index (κ2) is 4.98. The summed E-state index contributed by atoms with van der Waals surface area (Å²) in [4.78, 5) is 0.0792. The Bertz CT molecular complexity index is 743. The highest BCUT2D eigenvalue weighted by atomic mass is 35.5. The van der Waals surface area contributed by atoms with Gasteiger partial charge in [0.25, 0.3) is 0 Å². The molecule has 1 aliphatic heterocycles. The van der Waals surface area contributed by atoms with Crippen molar-refractivity contribution in [3.05, 3.63) is 28.8 Å². The Labute approximate surface area is 124 Å². The molecule has 0 spiro atoms. The number of benzene rings is 1. The summed E-state index contributed by atoms with van der Waals surface area (Å²) in [7, 11) is -6.98. The van der Waals surface area contributed by atoms with E-state index in [-0.39, 0.29) is 22.8 Å². The van der Waals surface area contributed by atoms with E-state index in [0.29, 0.717) is 10.6 Å². The molecule has 5 nitrogen and oxygen atoms in total. The molecule has 1 heterocycles. The van der Waals surface area contributed by atoms with E-state index in [1.807, 2.05) is 0 Å². The summed E-state index contributed by atoms with van der Waals surface area (Å²) in [5, 5.41) is 0.320. The predicted molar refractivity (Wildman–Crippen MR) is 78.2 cm³/mol. The normalized spacial score (nSPS) is 25.8. The Hall–Kier alpha value is -0.630. The van der Waals surface area contributed by atoms with Crippen LogP contribution < -0.4 is 4.72 Å². The van der Waals surface area contributed by atoms with E-state index in [1.165, 1.54) is 6.07 Å². The lowest BCUT2D eigenvalue weighted by molar-refractivity contribution is 0.461. The molecule has 2 rings (SSSR count). The monoisotopic (exact) mass is 337 g/mol. The van der Waals surface area contributed by atoms with Gasteiger partial charge in [-0.3, -0.25) is 0 Å². The van der Waals surface area contributed by atoms with E-state index >= 15 is 0 Å². The van der Waals surface area contributed by atoms with Crippen LogP contribution in [0.25, 0.3) is 0 Å². The van der Waals surface area contributed by atoms with E-state index in [4.69, 9.17) is 11.6 Å². The molecule has 1 saturated heterocycles. The molecule has 20 heavy (non-hydrogen) atoms. The van der Waals surface area contributed by atoms with Crippen molar-refractivity contribution in [3.8, 4) is 0 Å². The zero-order valence-electron chi connectivity index (χ0n) is 11.2. The highest BCUT2D eigenvalue weighted by Gasteiger charge is 2.41.